The highest BCUT2D eigenvalue weighted by Crippen LogP contribution is 2.27. The van der Waals surface area contributed by atoms with Gasteiger partial charge in [-0.05, 0) is 21.9 Å². The van der Waals surface area contributed by atoms with Crippen LogP contribution in [0.2, 0.25) is 0 Å². The Kier molecular flexibility index (Phi) is 3.91. The van der Waals surface area contributed by atoms with Gasteiger partial charge in [-0.2, -0.15) is 5.26 Å². The Morgan fingerprint density at radius 2 is 1.78 bits per heavy atom. The lowest BCUT2D eigenvalue weighted by Crippen LogP contribution is -1.93. The van der Waals surface area contributed by atoms with E-state index in [1.54, 1.807) is 0 Å². The first kappa shape index (κ1) is 12.5. The quantitative estimate of drug-likeness (QED) is 0.907. The Bertz CT molecular complexity index is 626. The lowest BCUT2D eigenvalue weighted by atomic mass is 9.99. The second-order valence-corrected chi connectivity index (χ2v) is 5.12. The SMILES string of the molecule is C=C(N)SCc1ccc(CC#N)c2ccccc12. The molecule has 2 aromatic carbocycles. The standard InChI is InChI=1S/C15H14N2S/c1-11(17)18-10-13-7-6-12(8-9-16)14-4-2-3-5-15(13)14/h2-7H,1,8,10,17H2. The summed E-state index contributed by atoms with van der Waals surface area (Å²) in [4.78, 5) is 0. The van der Waals surface area contributed by atoms with Gasteiger partial charge in [-0.15, -0.1) is 11.8 Å². The van der Waals surface area contributed by atoms with E-state index in [9.17, 15) is 0 Å². The number of nitrogens with two attached hydrogens (primary N) is 1. The number of rotatable bonds is 4. The van der Waals surface area contributed by atoms with E-state index in [-0.39, 0.29) is 0 Å². The summed E-state index contributed by atoms with van der Waals surface area (Å²) >= 11 is 1.54. The van der Waals surface area contributed by atoms with Crippen LogP contribution in [0.15, 0.2) is 48.0 Å². The monoisotopic (exact) mass is 254 g/mol. The molecule has 2 N–H and O–H groups in total. The highest BCUT2D eigenvalue weighted by molar-refractivity contribution is 8.02. The summed E-state index contributed by atoms with van der Waals surface area (Å²) < 4.78 is 0. The van der Waals surface area contributed by atoms with E-state index in [1.807, 2.05) is 18.2 Å². The lowest BCUT2D eigenvalue weighted by molar-refractivity contribution is 1.28. The molecule has 0 amide bonds. The van der Waals surface area contributed by atoms with Crippen LogP contribution in [-0.4, -0.2) is 0 Å². The van der Waals surface area contributed by atoms with Crippen LogP contribution >= 0.6 is 11.8 Å². The van der Waals surface area contributed by atoms with Gasteiger partial charge in [-0.3, -0.25) is 0 Å². The number of hydrogen-bond donors (Lipinski definition) is 1. The summed E-state index contributed by atoms with van der Waals surface area (Å²) in [6.07, 6.45) is 0.442. The summed E-state index contributed by atoms with van der Waals surface area (Å²) in [5, 5.41) is 11.8. The highest BCUT2D eigenvalue weighted by atomic mass is 32.2. The molecule has 18 heavy (non-hydrogen) atoms. The van der Waals surface area contributed by atoms with Crippen molar-refractivity contribution >= 4 is 22.5 Å². The first-order valence-electron chi connectivity index (χ1n) is 5.66. The minimum Gasteiger partial charge on any atom is -0.394 e. The fraction of sp³-hybridized carbons (Fsp3) is 0.133. The van der Waals surface area contributed by atoms with Crippen molar-refractivity contribution < 1.29 is 0 Å². The van der Waals surface area contributed by atoms with Gasteiger partial charge in [-0.1, -0.05) is 43.0 Å². The molecule has 0 aromatic heterocycles. The van der Waals surface area contributed by atoms with E-state index < -0.39 is 0 Å². The lowest BCUT2D eigenvalue weighted by Gasteiger charge is -2.09. The molecule has 0 saturated carbocycles. The predicted octanol–water partition coefficient (Wildman–Crippen LogP) is 3.57. The van der Waals surface area contributed by atoms with E-state index in [1.165, 1.54) is 22.7 Å². The number of fused-ring (bicyclic) bond motifs is 1. The summed E-state index contributed by atoms with van der Waals surface area (Å²) in [6, 6.07) is 14.5. The Morgan fingerprint density at radius 3 is 2.39 bits per heavy atom. The van der Waals surface area contributed by atoms with Crippen LogP contribution in [0, 0.1) is 11.3 Å². The molecule has 0 fully saturated rings. The number of nitriles is 1. The van der Waals surface area contributed by atoms with E-state index in [2.05, 4.69) is 30.8 Å². The zero-order valence-corrected chi connectivity index (χ0v) is 10.8. The molecular weight excluding hydrogens is 240 g/mol. The molecule has 90 valence electrons. The maximum absolute atomic E-state index is 8.84. The molecule has 0 aliphatic heterocycles. The predicted molar refractivity (Wildman–Crippen MR) is 77.9 cm³/mol. The van der Waals surface area contributed by atoms with E-state index >= 15 is 0 Å². The number of thioether (sulfide) groups is 1. The minimum atomic E-state index is 0.442. The Labute approximate surface area is 111 Å². The molecule has 2 rings (SSSR count). The van der Waals surface area contributed by atoms with Gasteiger partial charge in [0, 0.05) is 5.75 Å². The fourth-order valence-corrected chi connectivity index (χ4v) is 2.55. The minimum absolute atomic E-state index is 0.442. The molecular formula is C15H14N2S. The van der Waals surface area contributed by atoms with Gasteiger partial charge in [0.05, 0.1) is 17.5 Å². The molecule has 0 saturated heterocycles. The molecule has 2 nitrogen and oxygen atoms in total. The van der Waals surface area contributed by atoms with Crippen molar-refractivity contribution in [3.8, 4) is 6.07 Å². The van der Waals surface area contributed by atoms with Crippen molar-refractivity contribution in [2.24, 2.45) is 5.73 Å². The fourth-order valence-electron chi connectivity index (χ4n) is 1.96. The second-order valence-electron chi connectivity index (χ2n) is 4.02. The van der Waals surface area contributed by atoms with Crippen LogP contribution < -0.4 is 5.73 Å². The van der Waals surface area contributed by atoms with E-state index in [0.717, 1.165) is 16.7 Å². The zero-order valence-electron chi connectivity index (χ0n) is 10.0. The largest absolute Gasteiger partial charge is 0.394 e. The van der Waals surface area contributed by atoms with Crippen molar-refractivity contribution in [2.45, 2.75) is 12.2 Å². The molecule has 0 aliphatic carbocycles. The van der Waals surface area contributed by atoms with Crippen molar-refractivity contribution in [3.63, 3.8) is 0 Å². The van der Waals surface area contributed by atoms with Gasteiger partial charge in [0.1, 0.15) is 0 Å². The van der Waals surface area contributed by atoms with Gasteiger partial charge in [-0.25, -0.2) is 0 Å². The van der Waals surface area contributed by atoms with Gasteiger partial charge < -0.3 is 5.73 Å². The van der Waals surface area contributed by atoms with Crippen molar-refractivity contribution in [3.05, 3.63) is 59.1 Å². The third kappa shape index (κ3) is 2.66. The number of benzene rings is 2. The average Bonchev–Trinajstić information content (AvgIpc) is 2.38. The molecule has 0 unspecified atom stereocenters. The Hall–Kier alpha value is -1.92. The van der Waals surface area contributed by atoms with E-state index in [0.29, 0.717) is 11.4 Å². The van der Waals surface area contributed by atoms with Gasteiger partial charge >= 0.3 is 0 Å². The summed E-state index contributed by atoms with van der Waals surface area (Å²) in [5.74, 6) is 0.808. The smallest absolute Gasteiger partial charge is 0.0669 e. The maximum Gasteiger partial charge on any atom is 0.0669 e. The Morgan fingerprint density at radius 1 is 1.17 bits per heavy atom. The first-order valence-corrected chi connectivity index (χ1v) is 6.64. The molecule has 0 atom stereocenters. The maximum atomic E-state index is 8.84. The number of nitrogens with zero attached hydrogens (tertiary/aromatic N) is 1. The van der Waals surface area contributed by atoms with Crippen LogP contribution in [0.4, 0.5) is 0 Å². The summed E-state index contributed by atoms with van der Waals surface area (Å²) in [5.41, 5.74) is 7.89. The molecule has 0 heterocycles. The topological polar surface area (TPSA) is 49.8 Å². The van der Waals surface area contributed by atoms with Crippen molar-refractivity contribution in [1.29, 1.82) is 5.26 Å². The van der Waals surface area contributed by atoms with Crippen LogP contribution in [0.1, 0.15) is 11.1 Å². The molecule has 0 bridgehead atoms. The molecule has 2 aromatic rings. The van der Waals surface area contributed by atoms with Gasteiger partial charge in [0.2, 0.25) is 0 Å². The molecule has 0 aliphatic rings. The van der Waals surface area contributed by atoms with Gasteiger partial charge in [0.25, 0.3) is 0 Å². The highest BCUT2D eigenvalue weighted by Gasteiger charge is 2.05. The van der Waals surface area contributed by atoms with Crippen LogP contribution in [-0.2, 0) is 12.2 Å². The molecule has 0 spiro atoms. The Balaban J connectivity index is 2.47. The van der Waals surface area contributed by atoms with Crippen molar-refractivity contribution in [2.75, 3.05) is 0 Å². The molecule has 3 heteroatoms. The van der Waals surface area contributed by atoms with E-state index in [4.69, 9.17) is 11.0 Å². The summed E-state index contributed by atoms with van der Waals surface area (Å²) in [7, 11) is 0. The first-order chi connectivity index (χ1) is 8.72. The zero-order chi connectivity index (χ0) is 13.0. The molecule has 0 radical (unpaired) electrons. The van der Waals surface area contributed by atoms with Crippen molar-refractivity contribution in [1.82, 2.24) is 0 Å². The third-order valence-corrected chi connectivity index (χ3v) is 3.61. The van der Waals surface area contributed by atoms with Crippen LogP contribution in [0.25, 0.3) is 10.8 Å². The third-order valence-electron chi connectivity index (χ3n) is 2.79. The normalized spacial score (nSPS) is 10.2. The average molecular weight is 254 g/mol. The summed E-state index contributed by atoms with van der Waals surface area (Å²) in [6.45, 7) is 3.69. The van der Waals surface area contributed by atoms with Crippen LogP contribution in [0.5, 0.6) is 0 Å². The van der Waals surface area contributed by atoms with Crippen LogP contribution in [0.3, 0.4) is 0 Å². The number of hydrogen-bond acceptors (Lipinski definition) is 3. The second kappa shape index (κ2) is 5.61. The van der Waals surface area contributed by atoms with Gasteiger partial charge in [0.15, 0.2) is 0 Å².